The van der Waals surface area contributed by atoms with Crippen molar-refractivity contribution in [2.45, 2.75) is 25.9 Å². The highest BCUT2D eigenvalue weighted by Crippen LogP contribution is 2.35. The van der Waals surface area contributed by atoms with Gasteiger partial charge in [0.15, 0.2) is 0 Å². The minimum atomic E-state index is -3.85. The maximum absolute atomic E-state index is 13.1. The first kappa shape index (κ1) is 25.1. The number of methoxy groups -OCH3 is 4. The second-order valence-electron chi connectivity index (χ2n) is 7.11. The molecule has 10 heteroatoms. The Hall–Kier alpha value is -3.14. The van der Waals surface area contributed by atoms with Crippen molar-refractivity contribution >= 4 is 21.6 Å². The van der Waals surface area contributed by atoms with Gasteiger partial charge in [-0.15, -0.1) is 0 Å². The van der Waals surface area contributed by atoms with Crippen LogP contribution in [0.15, 0.2) is 36.4 Å². The maximum Gasteiger partial charge on any atom is 0.244 e. The van der Waals surface area contributed by atoms with Crippen LogP contribution >= 0.6 is 0 Å². The third-order valence-electron chi connectivity index (χ3n) is 4.97. The SMILES string of the molecule is COc1ccc(OC)c([C@H](C)NC(=O)[C@@H](C)N(c2cc(OC)ccc2OC)S(C)(=O)=O)c1. The van der Waals surface area contributed by atoms with Crippen molar-refractivity contribution in [1.29, 1.82) is 0 Å². The monoisotopic (exact) mass is 466 g/mol. The van der Waals surface area contributed by atoms with Gasteiger partial charge in [0.25, 0.3) is 0 Å². The minimum absolute atomic E-state index is 0.198. The van der Waals surface area contributed by atoms with Crippen LogP contribution in [0.2, 0.25) is 0 Å². The fourth-order valence-corrected chi connectivity index (χ4v) is 4.51. The van der Waals surface area contributed by atoms with Crippen LogP contribution in [0, 0.1) is 0 Å². The van der Waals surface area contributed by atoms with Gasteiger partial charge in [-0.05, 0) is 44.2 Å². The van der Waals surface area contributed by atoms with E-state index in [4.69, 9.17) is 18.9 Å². The summed E-state index contributed by atoms with van der Waals surface area (Å²) >= 11 is 0. The van der Waals surface area contributed by atoms with E-state index in [1.165, 1.54) is 34.3 Å². The largest absolute Gasteiger partial charge is 0.497 e. The lowest BCUT2D eigenvalue weighted by Gasteiger charge is -2.30. The van der Waals surface area contributed by atoms with Crippen molar-refractivity contribution in [3.63, 3.8) is 0 Å². The van der Waals surface area contributed by atoms with Crippen LogP contribution in [0.3, 0.4) is 0 Å². The van der Waals surface area contributed by atoms with Gasteiger partial charge in [0.2, 0.25) is 15.9 Å². The lowest BCUT2D eigenvalue weighted by molar-refractivity contribution is -0.122. The summed E-state index contributed by atoms with van der Waals surface area (Å²) < 4.78 is 47.6. The highest BCUT2D eigenvalue weighted by molar-refractivity contribution is 7.92. The molecule has 0 heterocycles. The van der Waals surface area contributed by atoms with Gasteiger partial charge >= 0.3 is 0 Å². The molecular weight excluding hydrogens is 436 g/mol. The normalized spacial score (nSPS) is 13.0. The number of hydrogen-bond acceptors (Lipinski definition) is 7. The summed E-state index contributed by atoms with van der Waals surface area (Å²) in [6, 6.07) is 8.43. The second kappa shape index (κ2) is 10.4. The summed E-state index contributed by atoms with van der Waals surface area (Å²) in [7, 11) is 2.12. The number of anilines is 1. The molecule has 0 radical (unpaired) electrons. The highest BCUT2D eigenvalue weighted by atomic mass is 32.2. The lowest BCUT2D eigenvalue weighted by atomic mass is 10.1. The van der Waals surface area contributed by atoms with Crippen LogP contribution in [0.4, 0.5) is 5.69 Å². The first-order valence-electron chi connectivity index (χ1n) is 9.81. The van der Waals surface area contributed by atoms with Gasteiger partial charge in [-0.1, -0.05) is 0 Å². The first-order chi connectivity index (χ1) is 15.1. The molecule has 2 aromatic carbocycles. The molecule has 2 rings (SSSR count). The number of nitrogens with one attached hydrogen (secondary N) is 1. The van der Waals surface area contributed by atoms with E-state index in [9.17, 15) is 13.2 Å². The molecule has 0 aliphatic carbocycles. The Kier molecular flexibility index (Phi) is 8.20. The van der Waals surface area contributed by atoms with Crippen LogP contribution in [-0.4, -0.2) is 55.1 Å². The molecule has 9 nitrogen and oxygen atoms in total. The second-order valence-corrected chi connectivity index (χ2v) is 8.97. The topological polar surface area (TPSA) is 103 Å². The van der Waals surface area contributed by atoms with Gasteiger partial charge < -0.3 is 24.3 Å². The Labute approximate surface area is 189 Å². The number of rotatable bonds is 10. The number of sulfonamides is 1. The predicted molar refractivity (Wildman–Crippen MR) is 122 cm³/mol. The fourth-order valence-electron chi connectivity index (χ4n) is 3.34. The molecule has 0 bridgehead atoms. The summed E-state index contributed by atoms with van der Waals surface area (Å²) in [5.41, 5.74) is 0.890. The zero-order valence-corrected chi connectivity index (χ0v) is 20.1. The zero-order chi connectivity index (χ0) is 24.1. The Bertz CT molecular complexity index is 1060. The molecule has 2 aromatic rings. The molecule has 2 atom stereocenters. The third kappa shape index (κ3) is 5.56. The highest BCUT2D eigenvalue weighted by Gasteiger charge is 2.32. The summed E-state index contributed by atoms with van der Waals surface area (Å²) in [5.74, 6) is 1.39. The first-order valence-corrected chi connectivity index (χ1v) is 11.7. The van der Waals surface area contributed by atoms with E-state index in [-0.39, 0.29) is 5.69 Å². The molecule has 0 fully saturated rings. The van der Waals surface area contributed by atoms with E-state index in [0.29, 0.717) is 28.6 Å². The Balaban J connectivity index is 2.40. The van der Waals surface area contributed by atoms with Crippen LogP contribution in [0.5, 0.6) is 23.0 Å². The van der Waals surface area contributed by atoms with Gasteiger partial charge in [0.1, 0.15) is 29.0 Å². The van der Waals surface area contributed by atoms with Gasteiger partial charge in [-0.25, -0.2) is 8.42 Å². The molecule has 1 N–H and O–H groups in total. The number of hydrogen-bond donors (Lipinski definition) is 1. The van der Waals surface area contributed by atoms with Gasteiger partial charge in [-0.2, -0.15) is 0 Å². The Morgan fingerprint density at radius 3 is 1.91 bits per heavy atom. The van der Waals surface area contributed by atoms with Gasteiger partial charge in [0, 0.05) is 11.6 Å². The maximum atomic E-state index is 13.1. The van der Waals surface area contributed by atoms with Crippen LogP contribution < -0.4 is 28.6 Å². The molecule has 0 aliphatic heterocycles. The van der Waals surface area contributed by atoms with Crippen molar-refractivity contribution < 1.29 is 32.2 Å². The molecule has 0 unspecified atom stereocenters. The molecule has 0 saturated carbocycles. The summed E-state index contributed by atoms with van der Waals surface area (Å²) in [5, 5.41) is 2.86. The van der Waals surface area contributed by atoms with Crippen molar-refractivity contribution in [1.82, 2.24) is 5.32 Å². The number of ether oxygens (including phenoxy) is 4. The third-order valence-corrected chi connectivity index (χ3v) is 6.20. The molecule has 0 aromatic heterocycles. The van der Waals surface area contributed by atoms with Crippen LogP contribution in [-0.2, 0) is 14.8 Å². The standard InChI is InChI=1S/C22H30N2O7S/c1-14(18-12-16(28-3)8-10-20(18)30-5)23-22(25)15(2)24(32(7,26)27)19-13-17(29-4)9-11-21(19)31-6/h8-15H,1-7H3,(H,23,25)/t14-,15+/m0/s1. The Morgan fingerprint density at radius 1 is 0.875 bits per heavy atom. The van der Waals surface area contributed by atoms with Crippen molar-refractivity contribution in [3.8, 4) is 23.0 Å². The zero-order valence-electron chi connectivity index (χ0n) is 19.3. The number of nitrogens with zero attached hydrogens (tertiary/aromatic N) is 1. The van der Waals surface area contributed by atoms with Crippen molar-refractivity contribution in [2.75, 3.05) is 39.0 Å². The molecular formula is C22H30N2O7S. The predicted octanol–water partition coefficient (Wildman–Crippen LogP) is 2.75. The van der Waals surface area contributed by atoms with E-state index >= 15 is 0 Å². The summed E-state index contributed by atoms with van der Waals surface area (Å²) in [4.78, 5) is 13.1. The number of carbonyl (C=O) groups is 1. The average Bonchev–Trinajstić information content (AvgIpc) is 2.77. The van der Waals surface area contributed by atoms with Gasteiger partial charge in [-0.3, -0.25) is 9.10 Å². The van der Waals surface area contributed by atoms with Crippen molar-refractivity contribution in [3.05, 3.63) is 42.0 Å². The Morgan fingerprint density at radius 2 is 1.41 bits per heavy atom. The smallest absolute Gasteiger partial charge is 0.244 e. The fraction of sp³-hybridized carbons (Fsp3) is 0.409. The number of amides is 1. The van der Waals surface area contributed by atoms with Gasteiger partial charge in [0.05, 0.1) is 46.4 Å². The molecule has 0 saturated heterocycles. The average molecular weight is 467 g/mol. The summed E-state index contributed by atoms with van der Waals surface area (Å²) in [6.45, 7) is 3.28. The summed E-state index contributed by atoms with van der Waals surface area (Å²) in [6.07, 6.45) is 1.03. The molecule has 1 amide bonds. The molecule has 0 spiro atoms. The van der Waals surface area contributed by atoms with Crippen LogP contribution in [0.1, 0.15) is 25.5 Å². The number of benzene rings is 2. The van der Waals surface area contributed by atoms with E-state index in [1.807, 2.05) is 0 Å². The minimum Gasteiger partial charge on any atom is -0.497 e. The lowest BCUT2D eigenvalue weighted by Crippen LogP contribution is -2.48. The molecule has 0 aliphatic rings. The van der Waals surface area contributed by atoms with Crippen molar-refractivity contribution in [2.24, 2.45) is 0 Å². The van der Waals surface area contributed by atoms with Crippen LogP contribution in [0.25, 0.3) is 0 Å². The molecule has 32 heavy (non-hydrogen) atoms. The number of carbonyl (C=O) groups excluding carboxylic acids is 1. The van der Waals surface area contributed by atoms with E-state index in [2.05, 4.69) is 5.32 Å². The van der Waals surface area contributed by atoms with E-state index in [1.54, 1.807) is 44.4 Å². The quantitative estimate of drug-likeness (QED) is 0.574. The van der Waals surface area contributed by atoms with E-state index in [0.717, 1.165) is 10.6 Å². The molecule has 176 valence electrons. The van der Waals surface area contributed by atoms with E-state index < -0.39 is 28.0 Å².